The van der Waals surface area contributed by atoms with Gasteiger partial charge in [0.05, 0.1) is 11.7 Å². The number of benzene rings is 3. The van der Waals surface area contributed by atoms with E-state index in [1.165, 1.54) is 6.42 Å². The first-order valence-corrected chi connectivity index (χ1v) is 12.3. The van der Waals surface area contributed by atoms with Gasteiger partial charge in [-0.15, -0.1) is 0 Å². The van der Waals surface area contributed by atoms with Crippen LogP contribution in [0.2, 0.25) is 0 Å². The van der Waals surface area contributed by atoms with E-state index in [0.29, 0.717) is 23.4 Å². The Balaban J connectivity index is 1.37. The van der Waals surface area contributed by atoms with Crippen LogP contribution in [0.25, 0.3) is 10.8 Å². The molecule has 0 spiro atoms. The number of amides is 2. The molecule has 0 aromatic heterocycles. The van der Waals surface area contributed by atoms with Gasteiger partial charge < -0.3 is 20.3 Å². The van der Waals surface area contributed by atoms with E-state index in [1.807, 2.05) is 54.6 Å². The quantitative estimate of drug-likeness (QED) is 0.547. The molecule has 0 radical (unpaired) electrons. The summed E-state index contributed by atoms with van der Waals surface area (Å²) in [5.41, 5.74) is 2.72. The second kappa shape index (κ2) is 10.3. The van der Waals surface area contributed by atoms with Crippen LogP contribution >= 0.6 is 0 Å². The van der Waals surface area contributed by atoms with E-state index in [-0.39, 0.29) is 17.9 Å². The third-order valence-electron chi connectivity index (χ3n) is 6.72. The molecule has 6 heteroatoms. The number of hydrogen-bond acceptors (Lipinski definition) is 4. The van der Waals surface area contributed by atoms with E-state index >= 15 is 0 Å². The third kappa shape index (κ3) is 5.07. The van der Waals surface area contributed by atoms with Crippen LogP contribution in [0.5, 0.6) is 0 Å². The normalized spacial score (nSPS) is 18.1. The first kappa shape index (κ1) is 22.4. The summed E-state index contributed by atoms with van der Waals surface area (Å²) >= 11 is 0. The summed E-state index contributed by atoms with van der Waals surface area (Å²) in [6, 6.07) is 19.3. The van der Waals surface area contributed by atoms with Crippen molar-refractivity contribution in [2.24, 2.45) is 0 Å². The fraction of sp³-hybridized carbons (Fsp3) is 0.357. The van der Waals surface area contributed by atoms with E-state index in [1.54, 1.807) is 6.07 Å². The van der Waals surface area contributed by atoms with Crippen molar-refractivity contribution in [3.05, 3.63) is 71.8 Å². The summed E-state index contributed by atoms with van der Waals surface area (Å²) < 4.78 is 5.66. The van der Waals surface area contributed by atoms with Crippen LogP contribution in [0.4, 0.5) is 11.4 Å². The number of nitrogens with one attached hydrogen (secondary N) is 2. The summed E-state index contributed by atoms with van der Waals surface area (Å²) in [5, 5.41) is 8.14. The fourth-order valence-corrected chi connectivity index (χ4v) is 4.85. The molecule has 0 aliphatic carbocycles. The van der Waals surface area contributed by atoms with Gasteiger partial charge in [0.1, 0.15) is 0 Å². The predicted octanol–water partition coefficient (Wildman–Crippen LogP) is 4.99. The third-order valence-corrected chi connectivity index (χ3v) is 6.72. The lowest BCUT2D eigenvalue weighted by molar-refractivity contribution is 0.0858. The average molecular weight is 458 g/mol. The zero-order chi connectivity index (χ0) is 23.3. The number of carbonyl (C=O) groups excluding carboxylic acids is 2. The SMILES string of the molecule is O=C(Nc1ccc(N2CCCCC2)c(C(=O)NCC2CCCO2)c1)c1ccc2ccccc2c1. The summed E-state index contributed by atoms with van der Waals surface area (Å²) in [6.07, 6.45) is 5.56. The standard InChI is InChI=1S/C28H31N3O3/c32-27(22-11-10-20-7-2-3-8-21(20)17-22)30-23-12-13-26(31-14-4-1-5-15-31)25(18-23)28(33)29-19-24-9-6-16-34-24/h2-3,7-8,10-13,17-18,24H,1,4-6,9,14-16,19H2,(H,29,33)(H,30,32). The minimum atomic E-state index is -0.192. The van der Waals surface area contributed by atoms with Crippen LogP contribution in [0.1, 0.15) is 52.8 Å². The topological polar surface area (TPSA) is 70.7 Å². The monoisotopic (exact) mass is 457 g/mol. The van der Waals surface area contributed by atoms with Crippen molar-refractivity contribution in [2.75, 3.05) is 36.5 Å². The minimum Gasteiger partial charge on any atom is -0.376 e. The second-order valence-electron chi connectivity index (χ2n) is 9.14. The summed E-state index contributed by atoms with van der Waals surface area (Å²) in [5.74, 6) is -0.319. The van der Waals surface area contributed by atoms with Crippen LogP contribution in [-0.4, -0.2) is 44.2 Å². The first-order valence-electron chi connectivity index (χ1n) is 12.3. The Hall–Kier alpha value is -3.38. The van der Waals surface area contributed by atoms with Crippen molar-refractivity contribution in [1.82, 2.24) is 5.32 Å². The van der Waals surface area contributed by atoms with Crippen molar-refractivity contribution in [3.63, 3.8) is 0 Å². The number of carbonyl (C=O) groups is 2. The molecule has 2 fully saturated rings. The maximum absolute atomic E-state index is 13.2. The van der Waals surface area contributed by atoms with Crippen LogP contribution in [0.3, 0.4) is 0 Å². The highest BCUT2D eigenvalue weighted by Gasteiger charge is 2.22. The molecule has 2 aliphatic heterocycles. The predicted molar refractivity (Wildman–Crippen MR) is 136 cm³/mol. The number of anilines is 2. The van der Waals surface area contributed by atoms with Gasteiger partial charge in [-0.1, -0.05) is 30.3 Å². The zero-order valence-corrected chi connectivity index (χ0v) is 19.4. The molecule has 1 atom stereocenters. The van der Waals surface area contributed by atoms with E-state index in [0.717, 1.165) is 61.8 Å². The molecule has 5 rings (SSSR count). The highest BCUT2D eigenvalue weighted by molar-refractivity contribution is 6.08. The highest BCUT2D eigenvalue weighted by Crippen LogP contribution is 2.28. The molecular weight excluding hydrogens is 426 g/mol. The molecule has 2 amide bonds. The number of piperidine rings is 1. The number of nitrogens with zero attached hydrogens (tertiary/aromatic N) is 1. The first-order chi connectivity index (χ1) is 16.7. The van der Waals surface area contributed by atoms with E-state index in [9.17, 15) is 9.59 Å². The number of rotatable bonds is 6. The highest BCUT2D eigenvalue weighted by atomic mass is 16.5. The Bertz CT molecular complexity index is 1180. The van der Waals surface area contributed by atoms with Crippen LogP contribution in [0.15, 0.2) is 60.7 Å². The van der Waals surface area contributed by atoms with Crippen molar-refractivity contribution in [3.8, 4) is 0 Å². The van der Waals surface area contributed by atoms with Gasteiger partial charge in [-0.05, 0) is 73.2 Å². The zero-order valence-electron chi connectivity index (χ0n) is 19.4. The largest absolute Gasteiger partial charge is 0.376 e. The Kier molecular flexibility index (Phi) is 6.77. The maximum atomic E-state index is 13.2. The Morgan fingerprint density at radius 2 is 1.71 bits per heavy atom. The maximum Gasteiger partial charge on any atom is 0.255 e. The number of fused-ring (bicyclic) bond motifs is 1. The Morgan fingerprint density at radius 1 is 0.882 bits per heavy atom. The lowest BCUT2D eigenvalue weighted by atomic mass is 10.0. The number of hydrogen-bond donors (Lipinski definition) is 2. The van der Waals surface area contributed by atoms with Gasteiger partial charge in [-0.3, -0.25) is 9.59 Å². The van der Waals surface area contributed by atoms with Crippen molar-refractivity contribution < 1.29 is 14.3 Å². The molecule has 2 aliphatic rings. The van der Waals surface area contributed by atoms with Gasteiger partial charge in [0.25, 0.3) is 11.8 Å². The summed E-state index contributed by atoms with van der Waals surface area (Å²) in [7, 11) is 0. The van der Waals surface area contributed by atoms with Gasteiger partial charge in [0.2, 0.25) is 0 Å². The molecule has 6 nitrogen and oxygen atoms in total. The molecule has 2 N–H and O–H groups in total. The van der Waals surface area contributed by atoms with Gasteiger partial charge in [-0.25, -0.2) is 0 Å². The smallest absolute Gasteiger partial charge is 0.255 e. The van der Waals surface area contributed by atoms with E-state index in [2.05, 4.69) is 15.5 Å². The molecule has 0 bridgehead atoms. The minimum absolute atomic E-state index is 0.0816. The summed E-state index contributed by atoms with van der Waals surface area (Å²) in [6.45, 7) is 3.14. The van der Waals surface area contributed by atoms with Crippen molar-refractivity contribution in [1.29, 1.82) is 0 Å². The van der Waals surface area contributed by atoms with Crippen LogP contribution < -0.4 is 15.5 Å². The lowest BCUT2D eigenvalue weighted by Gasteiger charge is -2.30. The van der Waals surface area contributed by atoms with Crippen molar-refractivity contribution >= 4 is 34.0 Å². The molecule has 2 heterocycles. The molecule has 1 unspecified atom stereocenters. The Morgan fingerprint density at radius 3 is 2.50 bits per heavy atom. The molecule has 0 saturated carbocycles. The van der Waals surface area contributed by atoms with Gasteiger partial charge in [0, 0.05) is 43.2 Å². The van der Waals surface area contributed by atoms with Crippen LogP contribution in [-0.2, 0) is 4.74 Å². The van der Waals surface area contributed by atoms with E-state index in [4.69, 9.17) is 4.74 Å². The van der Waals surface area contributed by atoms with E-state index < -0.39 is 0 Å². The average Bonchev–Trinajstić information content (AvgIpc) is 3.41. The molecule has 176 valence electrons. The fourth-order valence-electron chi connectivity index (χ4n) is 4.85. The van der Waals surface area contributed by atoms with Crippen molar-refractivity contribution in [2.45, 2.75) is 38.2 Å². The van der Waals surface area contributed by atoms with Gasteiger partial charge in [-0.2, -0.15) is 0 Å². The molecule has 3 aromatic rings. The number of ether oxygens (including phenoxy) is 1. The lowest BCUT2D eigenvalue weighted by Crippen LogP contribution is -2.35. The van der Waals surface area contributed by atoms with Gasteiger partial charge in [0.15, 0.2) is 0 Å². The Labute approximate surface area is 200 Å². The molecule has 34 heavy (non-hydrogen) atoms. The molecule has 3 aromatic carbocycles. The second-order valence-corrected chi connectivity index (χ2v) is 9.14. The molecule has 2 saturated heterocycles. The summed E-state index contributed by atoms with van der Waals surface area (Å²) in [4.78, 5) is 28.5. The molecular formula is C28H31N3O3. The van der Waals surface area contributed by atoms with Crippen LogP contribution in [0, 0.1) is 0 Å². The van der Waals surface area contributed by atoms with Gasteiger partial charge >= 0.3 is 0 Å².